The molecule has 0 unspecified atom stereocenters. The maximum atomic E-state index is 3.72. The number of aryl methyl sites for hydroxylation is 1. The van der Waals surface area contributed by atoms with Crippen molar-refractivity contribution in [2.24, 2.45) is 0 Å². The van der Waals surface area contributed by atoms with Crippen LogP contribution in [-0.2, 0) is 6.54 Å². The van der Waals surface area contributed by atoms with Gasteiger partial charge in [0.25, 0.3) is 0 Å². The van der Waals surface area contributed by atoms with Gasteiger partial charge in [0, 0.05) is 32.9 Å². The summed E-state index contributed by atoms with van der Waals surface area (Å²) in [5.74, 6) is 0. The standard InChI is InChI=1S/C14H21BrN2S/c1-10-14(15)8-13(18-10)9-16-11-4-6-17(7-5-11)12-2-3-12/h8,11-12,16H,2-7,9H2,1H3. The molecule has 0 bridgehead atoms. The van der Waals surface area contributed by atoms with Crippen molar-refractivity contribution in [1.29, 1.82) is 0 Å². The maximum Gasteiger partial charge on any atom is 0.0314 e. The molecule has 1 aliphatic carbocycles. The largest absolute Gasteiger partial charge is 0.309 e. The fraction of sp³-hybridized carbons (Fsp3) is 0.714. The molecular formula is C14H21BrN2S. The number of nitrogens with zero attached hydrogens (tertiary/aromatic N) is 1. The maximum absolute atomic E-state index is 3.72. The van der Waals surface area contributed by atoms with Gasteiger partial charge in [-0.3, -0.25) is 0 Å². The van der Waals surface area contributed by atoms with Gasteiger partial charge >= 0.3 is 0 Å². The normalized spacial score (nSPS) is 22.6. The van der Waals surface area contributed by atoms with E-state index in [0.717, 1.165) is 18.6 Å². The molecule has 0 amide bonds. The third-order valence-corrected chi connectivity index (χ3v) is 6.20. The minimum absolute atomic E-state index is 0.723. The number of rotatable bonds is 4. The lowest BCUT2D eigenvalue weighted by molar-refractivity contribution is 0.189. The van der Waals surface area contributed by atoms with Crippen LogP contribution in [0.4, 0.5) is 0 Å². The van der Waals surface area contributed by atoms with Crippen LogP contribution >= 0.6 is 27.3 Å². The van der Waals surface area contributed by atoms with E-state index in [1.165, 1.54) is 53.0 Å². The molecule has 4 heteroatoms. The second-order valence-electron chi connectivity index (χ2n) is 5.54. The number of thiophene rings is 1. The Bertz CT molecular complexity index is 386. The average Bonchev–Trinajstić information content (AvgIpc) is 3.16. The van der Waals surface area contributed by atoms with Crippen LogP contribution in [-0.4, -0.2) is 30.1 Å². The molecule has 1 N–H and O–H groups in total. The molecule has 2 heterocycles. The summed E-state index contributed by atoms with van der Waals surface area (Å²) in [5, 5.41) is 3.72. The second-order valence-corrected chi connectivity index (χ2v) is 7.73. The molecule has 3 rings (SSSR count). The molecule has 2 fully saturated rings. The number of hydrogen-bond donors (Lipinski definition) is 1. The van der Waals surface area contributed by atoms with Crippen molar-refractivity contribution in [3.63, 3.8) is 0 Å². The van der Waals surface area contributed by atoms with Gasteiger partial charge in [-0.25, -0.2) is 0 Å². The second kappa shape index (κ2) is 5.61. The summed E-state index contributed by atoms with van der Waals surface area (Å²) in [6, 6.07) is 3.93. The molecule has 1 aromatic heterocycles. The van der Waals surface area contributed by atoms with Crippen molar-refractivity contribution in [2.45, 2.75) is 51.2 Å². The Balaban J connectivity index is 1.43. The van der Waals surface area contributed by atoms with Crippen molar-refractivity contribution >= 4 is 27.3 Å². The van der Waals surface area contributed by atoms with Gasteiger partial charge in [0.15, 0.2) is 0 Å². The first-order chi connectivity index (χ1) is 8.72. The number of nitrogens with one attached hydrogen (secondary N) is 1. The van der Waals surface area contributed by atoms with Gasteiger partial charge < -0.3 is 10.2 Å². The summed E-state index contributed by atoms with van der Waals surface area (Å²) in [7, 11) is 0. The lowest BCUT2D eigenvalue weighted by atomic mass is 10.0. The zero-order chi connectivity index (χ0) is 12.5. The highest BCUT2D eigenvalue weighted by molar-refractivity contribution is 9.10. The highest BCUT2D eigenvalue weighted by Gasteiger charge is 2.31. The third-order valence-electron chi connectivity index (χ3n) is 4.07. The third kappa shape index (κ3) is 3.16. The number of piperidine rings is 1. The predicted octanol–water partition coefficient (Wildman–Crippen LogP) is 3.54. The van der Waals surface area contributed by atoms with Gasteiger partial charge in [-0.2, -0.15) is 0 Å². The summed E-state index contributed by atoms with van der Waals surface area (Å²) in [6.45, 7) is 5.81. The fourth-order valence-electron chi connectivity index (χ4n) is 2.76. The first kappa shape index (κ1) is 13.1. The summed E-state index contributed by atoms with van der Waals surface area (Å²) >= 11 is 5.49. The molecule has 2 nitrogen and oxygen atoms in total. The Kier molecular flexibility index (Phi) is 4.09. The van der Waals surface area contributed by atoms with Crippen LogP contribution in [0.25, 0.3) is 0 Å². The lowest BCUT2D eigenvalue weighted by Crippen LogP contribution is -2.42. The minimum atomic E-state index is 0.723. The lowest BCUT2D eigenvalue weighted by Gasteiger charge is -2.32. The van der Waals surface area contributed by atoms with Gasteiger partial charge in [-0.05, 0) is 67.7 Å². The average molecular weight is 329 g/mol. The van der Waals surface area contributed by atoms with Crippen molar-refractivity contribution in [1.82, 2.24) is 10.2 Å². The molecular weight excluding hydrogens is 308 g/mol. The molecule has 0 radical (unpaired) electrons. The number of halogens is 1. The smallest absolute Gasteiger partial charge is 0.0314 e. The van der Waals surface area contributed by atoms with Gasteiger partial charge in [-0.1, -0.05) is 0 Å². The van der Waals surface area contributed by atoms with Crippen molar-refractivity contribution in [2.75, 3.05) is 13.1 Å². The van der Waals surface area contributed by atoms with E-state index >= 15 is 0 Å². The van der Waals surface area contributed by atoms with Gasteiger partial charge in [0.05, 0.1) is 0 Å². The summed E-state index contributed by atoms with van der Waals surface area (Å²) in [5.41, 5.74) is 0. The fourth-order valence-corrected chi connectivity index (χ4v) is 4.31. The van der Waals surface area contributed by atoms with Crippen LogP contribution in [0.1, 0.15) is 35.4 Å². The van der Waals surface area contributed by atoms with Crippen molar-refractivity contribution in [3.8, 4) is 0 Å². The summed E-state index contributed by atoms with van der Waals surface area (Å²) in [4.78, 5) is 5.52. The van der Waals surface area contributed by atoms with Crippen LogP contribution in [0, 0.1) is 6.92 Å². The van der Waals surface area contributed by atoms with E-state index < -0.39 is 0 Å². The zero-order valence-electron chi connectivity index (χ0n) is 10.9. The molecule has 0 atom stereocenters. The SMILES string of the molecule is Cc1sc(CNC2CCN(C3CC3)CC2)cc1Br. The summed E-state index contributed by atoms with van der Waals surface area (Å²) in [6.07, 6.45) is 5.53. The minimum Gasteiger partial charge on any atom is -0.309 e. The number of hydrogen-bond acceptors (Lipinski definition) is 3. The Labute approximate surface area is 122 Å². The molecule has 1 aromatic rings. The molecule has 1 aliphatic heterocycles. The van der Waals surface area contributed by atoms with E-state index in [1.54, 1.807) is 0 Å². The highest BCUT2D eigenvalue weighted by Crippen LogP contribution is 2.30. The van der Waals surface area contributed by atoms with Gasteiger partial charge in [0.1, 0.15) is 0 Å². The first-order valence-corrected chi connectivity index (χ1v) is 8.55. The van der Waals surface area contributed by atoms with Gasteiger partial charge in [0.2, 0.25) is 0 Å². The van der Waals surface area contributed by atoms with E-state index in [2.05, 4.69) is 39.1 Å². The monoisotopic (exact) mass is 328 g/mol. The Morgan fingerprint density at radius 3 is 2.61 bits per heavy atom. The Morgan fingerprint density at radius 2 is 2.06 bits per heavy atom. The van der Waals surface area contributed by atoms with E-state index in [4.69, 9.17) is 0 Å². The topological polar surface area (TPSA) is 15.3 Å². The zero-order valence-corrected chi connectivity index (χ0v) is 13.3. The molecule has 100 valence electrons. The quantitative estimate of drug-likeness (QED) is 0.909. The predicted molar refractivity (Wildman–Crippen MR) is 81.2 cm³/mol. The number of likely N-dealkylation sites (tertiary alicyclic amines) is 1. The highest BCUT2D eigenvalue weighted by atomic mass is 79.9. The molecule has 1 saturated carbocycles. The molecule has 0 spiro atoms. The van der Waals surface area contributed by atoms with E-state index in [9.17, 15) is 0 Å². The Hall–Kier alpha value is 0.100. The van der Waals surface area contributed by atoms with E-state index in [-0.39, 0.29) is 0 Å². The van der Waals surface area contributed by atoms with Crippen LogP contribution in [0.5, 0.6) is 0 Å². The van der Waals surface area contributed by atoms with Crippen LogP contribution in [0.3, 0.4) is 0 Å². The van der Waals surface area contributed by atoms with Crippen LogP contribution in [0.2, 0.25) is 0 Å². The Morgan fingerprint density at radius 1 is 1.33 bits per heavy atom. The van der Waals surface area contributed by atoms with Crippen molar-refractivity contribution in [3.05, 3.63) is 20.3 Å². The van der Waals surface area contributed by atoms with E-state index in [1.807, 2.05) is 11.3 Å². The molecule has 1 saturated heterocycles. The van der Waals surface area contributed by atoms with E-state index in [0.29, 0.717) is 0 Å². The van der Waals surface area contributed by atoms with Crippen molar-refractivity contribution < 1.29 is 0 Å². The first-order valence-electron chi connectivity index (χ1n) is 6.94. The molecule has 0 aromatic carbocycles. The molecule has 2 aliphatic rings. The molecule has 18 heavy (non-hydrogen) atoms. The van der Waals surface area contributed by atoms with Gasteiger partial charge in [-0.15, -0.1) is 11.3 Å². The summed E-state index contributed by atoms with van der Waals surface area (Å²) < 4.78 is 1.26. The van der Waals surface area contributed by atoms with Crippen LogP contribution in [0.15, 0.2) is 10.5 Å². The van der Waals surface area contributed by atoms with Crippen LogP contribution < -0.4 is 5.32 Å².